The molecule has 126 valence electrons. The summed E-state index contributed by atoms with van der Waals surface area (Å²) in [6, 6.07) is 3.64. The van der Waals surface area contributed by atoms with E-state index in [1.165, 1.54) is 12.1 Å². The summed E-state index contributed by atoms with van der Waals surface area (Å²) in [5.74, 6) is -0.792. The van der Waals surface area contributed by atoms with Crippen molar-refractivity contribution in [3.05, 3.63) is 35.4 Å². The minimum atomic E-state index is -0.578. The lowest BCUT2D eigenvalue weighted by atomic mass is 9.74. The molecule has 0 aliphatic carbocycles. The van der Waals surface area contributed by atoms with Crippen molar-refractivity contribution in [3.63, 3.8) is 0 Å². The van der Waals surface area contributed by atoms with Gasteiger partial charge in [0.2, 0.25) is 5.91 Å². The van der Waals surface area contributed by atoms with Crippen molar-refractivity contribution >= 4 is 5.91 Å². The van der Waals surface area contributed by atoms with Gasteiger partial charge in [-0.05, 0) is 18.4 Å². The Kier molecular flexibility index (Phi) is 4.38. The Hall–Kier alpha value is -1.53. The summed E-state index contributed by atoms with van der Waals surface area (Å²) in [7, 11) is 0. The van der Waals surface area contributed by atoms with E-state index in [-0.39, 0.29) is 17.9 Å². The molecule has 3 rings (SSSR count). The van der Waals surface area contributed by atoms with Crippen molar-refractivity contribution in [1.29, 1.82) is 0 Å². The average molecular weight is 324 g/mol. The number of piperidine rings is 1. The normalized spacial score (nSPS) is 28.0. The SMILES string of the molecule is CC(=O)N1CCC2CN(Cc3ccc(F)cc3F)CC2(CO)C1. The number of nitrogens with zero attached hydrogens (tertiary/aromatic N) is 2. The molecule has 0 spiro atoms. The van der Waals surface area contributed by atoms with Crippen LogP contribution >= 0.6 is 0 Å². The molecule has 2 saturated heterocycles. The smallest absolute Gasteiger partial charge is 0.219 e. The lowest BCUT2D eigenvalue weighted by molar-refractivity contribution is -0.134. The molecule has 1 N–H and O–H groups in total. The number of rotatable bonds is 3. The van der Waals surface area contributed by atoms with Crippen LogP contribution in [0.2, 0.25) is 0 Å². The number of aliphatic hydroxyl groups is 1. The zero-order valence-corrected chi connectivity index (χ0v) is 13.3. The predicted molar refractivity (Wildman–Crippen MR) is 81.5 cm³/mol. The first kappa shape index (κ1) is 16.3. The van der Waals surface area contributed by atoms with E-state index < -0.39 is 11.6 Å². The molecule has 0 aromatic heterocycles. The Labute approximate surface area is 134 Å². The van der Waals surface area contributed by atoms with Gasteiger partial charge in [-0.1, -0.05) is 6.07 Å². The standard InChI is InChI=1S/C17H22F2N2O2/c1-12(23)21-5-4-14-8-20(9-17(14,10-21)11-22)7-13-2-3-15(18)6-16(13)19/h2-3,6,14,22H,4-5,7-11H2,1H3. The van der Waals surface area contributed by atoms with E-state index >= 15 is 0 Å². The second-order valence-corrected chi connectivity index (χ2v) is 6.85. The van der Waals surface area contributed by atoms with Gasteiger partial charge in [-0.3, -0.25) is 9.69 Å². The van der Waals surface area contributed by atoms with Gasteiger partial charge in [-0.25, -0.2) is 8.78 Å². The maximum atomic E-state index is 13.9. The molecule has 1 aromatic carbocycles. The third-order valence-electron chi connectivity index (χ3n) is 5.31. The highest BCUT2D eigenvalue weighted by Gasteiger charge is 2.49. The number of amides is 1. The van der Waals surface area contributed by atoms with Gasteiger partial charge >= 0.3 is 0 Å². The topological polar surface area (TPSA) is 43.8 Å². The van der Waals surface area contributed by atoms with Gasteiger partial charge in [-0.15, -0.1) is 0 Å². The molecule has 2 fully saturated rings. The van der Waals surface area contributed by atoms with E-state index in [0.717, 1.165) is 19.0 Å². The van der Waals surface area contributed by atoms with Crippen LogP contribution in [0.15, 0.2) is 18.2 Å². The highest BCUT2D eigenvalue weighted by molar-refractivity contribution is 5.73. The summed E-state index contributed by atoms with van der Waals surface area (Å²) in [5.41, 5.74) is 0.127. The second kappa shape index (κ2) is 6.17. The number of fused-ring (bicyclic) bond motifs is 1. The van der Waals surface area contributed by atoms with Crippen molar-refractivity contribution in [2.75, 3.05) is 32.8 Å². The Morgan fingerprint density at radius 3 is 2.83 bits per heavy atom. The van der Waals surface area contributed by atoms with Crippen LogP contribution in [0.25, 0.3) is 0 Å². The maximum absolute atomic E-state index is 13.9. The Bertz CT molecular complexity index is 610. The molecule has 23 heavy (non-hydrogen) atoms. The molecule has 2 atom stereocenters. The van der Waals surface area contributed by atoms with Crippen molar-refractivity contribution in [1.82, 2.24) is 9.80 Å². The van der Waals surface area contributed by atoms with Crippen molar-refractivity contribution < 1.29 is 18.7 Å². The highest BCUT2D eigenvalue weighted by atomic mass is 19.1. The lowest BCUT2D eigenvalue weighted by Crippen LogP contribution is -2.52. The molecule has 2 aliphatic rings. The van der Waals surface area contributed by atoms with E-state index in [1.54, 1.807) is 11.8 Å². The number of carbonyl (C=O) groups excluding carboxylic acids is 1. The Morgan fingerprint density at radius 1 is 1.39 bits per heavy atom. The fourth-order valence-electron chi connectivity index (χ4n) is 4.00. The maximum Gasteiger partial charge on any atom is 0.219 e. The van der Waals surface area contributed by atoms with E-state index in [2.05, 4.69) is 4.90 Å². The Morgan fingerprint density at radius 2 is 2.17 bits per heavy atom. The van der Waals surface area contributed by atoms with Crippen LogP contribution in [0.3, 0.4) is 0 Å². The zero-order valence-electron chi connectivity index (χ0n) is 13.3. The molecule has 0 radical (unpaired) electrons. The summed E-state index contributed by atoms with van der Waals surface area (Å²) in [6.07, 6.45) is 0.850. The van der Waals surface area contributed by atoms with Crippen molar-refractivity contribution in [2.24, 2.45) is 11.3 Å². The number of halogens is 2. The average Bonchev–Trinajstić information content (AvgIpc) is 2.87. The summed E-state index contributed by atoms with van der Waals surface area (Å²) in [4.78, 5) is 15.5. The first-order valence-corrected chi connectivity index (χ1v) is 7.96. The zero-order chi connectivity index (χ0) is 16.6. The number of hydrogen-bond acceptors (Lipinski definition) is 3. The lowest BCUT2D eigenvalue weighted by Gasteiger charge is -2.42. The van der Waals surface area contributed by atoms with Crippen molar-refractivity contribution in [2.45, 2.75) is 19.9 Å². The number of benzene rings is 1. The summed E-state index contributed by atoms with van der Waals surface area (Å²) < 4.78 is 26.9. The van der Waals surface area contributed by atoms with Crippen LogP contribution in [0.1, 0.15) is 18.9 Å². The van der Waals surface area contributed by atoms with Gasteiger partial charge in [0.25, 0.3) is 0 Å². The molecule has 1 aromatic rings. The number of hydrogen-bond donors (Lipinski definition) is 1. The van der Waals surface area contributed by atoms with Gasteiger partial charge in [0.05, 0.1) is 6.61 Å². The molecule has 4 nitrogen and oxygen atoms in total. The molecule has 2 unspecified atom stereocenters. The molecule has 1 amide bonds. The number of carbonyl (C=O) groups is 1. The number of likely N-dealkylation sites (tertiary alicyclic amines) is 2. The predicted octanol–water partition coefficient (Wildman–Crippen LogP) is 1.63. The third kappa shape index (κ3) is 3.10. The summed E-state index contributed by atoms with van der Waals surface area (Å²) >= 11 is 0. The van der Waals surface area contributed by atoms with Crippen LogP contribution < -0.4 is 0 Å². The molecule has 2 aliphatic heterocycles. The highest BCUT2D eigenvalue weighted by Crippen LogP contribution is 2.42. The van der Waals surface area contributed by atoms with Crippen LogP contribution in [-0.4, -0.2) is 53.6 Å². The van der Waals surface area contributed by atoms with Gasteiger partial charge < -0.3 is 10.0 Å². The fourth-order valence-corrected chi connectivity index (χ4v) is 4.00. The van der Waals surface area contributed by atoms with E-state index in [0.29, 0.717) is 37.7 Å². The minimum Gasteiger partial charge on any atom is -0.396 e. The van der Waals surface area contributed by atoms with E-state index in [4.69, 9.17) is 0 Å². The monoisotopic (exact) mass is 324 g/mol. The van der Waals surface area contributed by atoms with Crippen LogP contribution in [0.5, 0.6) is 0 Å². The van der Waals surface area contributed by atoms with E-state index in [1.807, 2.05) is 0 Å². The van der Waals surface area contributed by atoms with E-state index in [9.17, 15) is 18.7 Å². The van der Waals surface area contributed by atoms with Crippen LogP contribution in [0.4, 0.5) is 8.78 Å². The van der Waals surface area contributed by atoms with Gasteiger partial charge in [0, 0.05) is 56.7 Å². The second-order valence-electron chi connectivity index (χ2n) is 6.85. The van der Waals surface area contributed by atoms with Crippen molar-refractivity contribution in [3.8, 4) is 0 Å². The van der Waals surface area contributed by atoms with Crippen LogP contribution in [-0.2, 0) is 11.3 Å². The van der Waals surface area contributed by atoms with Gasteiger partial charge in [0.1, 0.15) is 11.6 Å². The van der Waals surface area contributed by atoms with Gasteiger partial charge in [0.15, 0.2) is 0 Å². The molecular formula is C17H22F2N2O2. The summed E-state index contributed by atoms with van der Waals surface area (Å²) in [5, 5.41) is 9.94. The molecule has 0 saturated carbocycles. The molecule has 0 bridgehead atoms. The Balaban J connectivity index is 1.74. The molecule has 6 heteroatoms. The number of aliphatic hydroxyl groups excluding tert-OH is 1. The molecule has 2 heterocycles. The first-order valence-electron chi connectivity index (χ1n) is 7.96. The summed E-state index contributed by atoms with van der Waals surface area (Å²) in [6.45, 7) is 4.60. The molecular weight excluding hydrogens is 302 g/mol. The quantitative estimate of drug-likeness (QED) is 0.919. The van der Waals surface area contributed by atoms with Gasteiger partial charge in [-0.2, -0.15) is 0 Å². The third-order valence-corrected chi connectivity index (χ3v) is 5.31. The largest absolute Gasteiger partial charge is 0.396 e. The minimum absolute atomic E-state index is 0.0177. The van der Waals surface area contributed by atoms with Crippen LogP contribution in [0, 0.1) is 23.0 Å². The first-order chi connectivity index (χ1) is 10.9. The fraction of sp³-hybridized carbons (Fsp3) is 0.588.